The number of hydrogen-bond acceptors (Lipinski definition) is 6. The van der Waals surface area contributed by atoms with E-state index >= 15 is 0 Å². The number of aromatic nitrogens is 3. The Balaban J connectivity index is 1.89. The zero-order chi connectivity index (χ0) is 19.4. The molecule has 0 unspecified atom stereocenters. The van der Waals surface area contributed by atoms with Crippen LogP contribution in [-0.2, 0) is 16.6 Å². The number of rotatable bonds is 6. The number of hydrogen-bond donors (Lipinski definition) is 1. The molecule has 1 aromatic carbocycles. The molecule has 0 amide bonds. The smallest absolute Gasteiger partial charge is 0.263 e. The lowest BCUT2D eigenvalue weighted by Crippen LogP contribution is -2.16. The van der Waals surface area contributed by atoms with Gasteiger partial charge in [0, 0.05) is 23.0 Å². The molecule has 2 aromatic heterocycles. The molecular weight excluding hydrogens is 411 g/mol. The van der Waals surface area contributed by atoms with Crippen LogP contribution in [0.3, 0.4) is 0 Å². The van der Waals surface area contributed by atoms with Gasteiger partial charge in [-0.1, -0.05) is 35.3 Å². The summed E-state index contributed by atoms with van der Waals surface area (Å²) in [5.41, 5.74) is 1.20. The minimum absolute atomic E-state index is 0.0324. The Morgan fingerprint density at radius 1 is 1.15 bits per heavy atom. The Labute approximate surface area is 166 Å². The van der Waals surface area contributed by atoms with Gasteiger partial charge in [0.25, 0.3) is 15.9 Å². The van der Waals surface area contributed by atoms with Gasteiger partial charge in [0.1, 0.15) is 6.61 Å². The van der Waals surface area contributed by atoms with Gasteiger partial charge in [0.2, 0.25) is 5.82 Å². The topological polar surface area (TPSA) is 94.1 Å². The summed E-state index contributed by atoms with van der Waals surface area (Å²) >= 11 is 11.9. The average molecular weight is 425 g/mol. The highest BCUT2D eigenvalue weighted by molar-refractivity contribution is 7.92. The van der Waals surface area contributed by atoms with Gasteiger partial charge in [-0.2, -0.15) is 4.98 Å². The number of benzene rings is 1. The summed E-state index contributed by atoms with van der Waals surface area (Å²) in [5, 5.41) is 0.409. The fraction of sp³-hybridized carbons (Fsp3) is 0.118. The molecule has 3 rings (SSSR count). The Morgan fingerprint density at radius 2 is 1.96 bits per heavy atom. The number of ether oxygens (including phenoxy) is 1. The van der Waals surface area contributed by atoms with E-state index in [0.29, 0.717) is 10.6 Å². The predicted molar refractivity (Wildman–Crippen MR) is 103 cm³/mol. The second-order valence-corrected chi connectivity index (χ2v) is 7.91. The fourth-order valence-electron chi connectivity index (χ4n) is 2.22. The largest absolute Gasteiger partial charge is 0.470 e. The first kappa shape index (κ1) is 19.3. The molecule has 0 saturated heterocycles. The molecule has 0 saturated carbocycles. The number of pyridine rings is 1. The van der Waals surface area contributed by atoms with Crippen molar-refractivity contribution in [3.8, 4) is 5.88 Å². The molecule has 0 radical (unpaired) electrons. The van der Waals surface area contributed by atoms with E-state index in [4.69, 9.17) is 27.9 Å². The maximum atomic E-state index is 12.7. The maximum Gasteiger partial charge on any atom is 0.263 e. The lowest BCUT2D eigenvalue weighted by Gasteiger charge is -2.13. The minimum Gasteiger partial charge on any atom is -0.470 e. The zero-order valence-corrected chi connectivity index (χ0v) is 16.4. The molecule has 10 heteroatoms. The van der Waals surface area contributed by atoms with Crippen LogP contribution in [0.15, 0.2) is 53.8 Å². The van der Waals surface area contributed by atoms with Gasteiger partial charge >= 0.3 is 0 Å². The van der Waals surface area contributed by atoms with E-state index in [1.807, 2.05) is 6.07 Å². The molecule has 0 spiro atoms. The van der Waals surface area contributed by atoms with Crippen molar-refractivity contribution in [2.24, 2.45) is 0 Å². The lowest BCUT2D eigenvalue weighted by atomic mass is 10.2. The van der Waals surface area contributed by atoms with E-state index < -0.39 is 10.0 Å². The first-order valence-electron chi connectivity index (χ1n) is 7.69. The van der Waals surface area contributed by atoms with Gasteiger partial charge in [-0.25, -0.2) is 13.4 Å². The van der Waals surface area contributed by atoms with Crippen molar-refractivity contribution in [3.05, 3.63) is 70.2 Å². The summed E-state index contributed by atoms with van der Waals surface area (Å²) in [6.07, 6.45) is 4.48. The highest BCUT2D eigenvalue weighted by Crippen LogP contribution is 2.28. The van der Waals surface area contributed by atoms with Crippen molar-refractivity contribution in [3.63, 3.8) is 0 Å². The lowest BCUT2D eigenvalue weighted by molar-refractivity contribution is 0.294. The van der Waals surface area contributed by atoms with Gasteiger partial charge in [0.05, 0.1) is 11.1 Å². The predicted octanol–water partition coefficient (Wildman–Crippen LogP) is 3.87. The number of sulfonamides is 1. The molecule has 0 atom stereocenters. The first-order chi connectivity index (χ1) is 12.9. The van der Waals surface area contributed by atoms with Gasteiger partial charge in [-0.05, 0) is 30.7 Å². The molecule has 0 aliphatic heterocycles. The summed E-state index contributed by atoms with van der Waals surface area (Å²) in [5.74, 6) is -0.128. The third-order valence-electron chi connectivity index (χ3n) is 3.55. The van der Waals surface area contributed by atoms with Crippen molar-refractivity contribution in [2.75, 3.05) is 4.72 Å². The van der Waals surface area contributed by atoms with Crippen LogP contribution in [0.25, 0.3) is 0 Å². The third-order valence-corrected chi connectivity index (χ3v) is 5.62. The fourth-order valence-corrected chi connectivity index (χ4v) is 3.85. The van der Waals surface area contributed by atoms with Gasteiger partial charge in [-0.15, -0.1) is 0 Å². The van der Waals surface area contributed by atoms with Crippen molar-refractivity contribution in [2.45, 2.75) is 18.4 Å². The van der Waals surface area contributed by atoms with E-state index in [0.717, 1.165) is 5.56 Å². The summed E-state index contributed by atoms with van der Waals surface area (Å²) in [6, 6.07) is 8.18. The standard InChI is InChI=1S/C17H14Cl2N4O3S/c1-11-13(18)5-2-6-14(11)27(24,25)23-16-17(22-15(19)9-21-16)26-10-12-4-3-7-20-8-12/h2-9H,10H2,1H3,(H,21,23). The second-order valence-electron chi connectivity index (χ2n) is 5.46. The summed E-state index contributed by atoms with van der Waals surface area (Å²) in [4.78, 5) is 12.0. The Kier molecular flexibility index (Phi) is 5.79. The number of nitrogens with one attached hydrogen (secondary N) is 1. The average Bonchev–Trinajstić information content (AvgIpc) is 2.64. The Morgan fingerprint density at radius 3 is 2.70 bits per heavy atom. The number of halogens is 2. The highest BCUT2D eigenvalue weighted by Gasteiger charge is 2.22. The van der Waals surface area contributed by atoms with Crippen LogP contribution < -0.4 is 9.46 Å². The molecule has 2 heterocycles. The van der Waals surface area contributed by atoms with Gasteiger partial charge < -0.3 is 4.74 Å². The summed E-state index contributed by atoms with van der Waals surface area (Å²) in [7, 11) is -3.96. The van der Waals surface area contributed by atoms with E-state index in [1.165, 1.54) is 12.3 Å². The molecule has 1 N–H and O–H groups in total. The third kappa shape index (κ3) is 4.65. The second kappa shape index (κ2) is 8.08. The van der Waals surface area contributed by atoms with E-state index in [1.54, 1.807) is 37.5 Å². The van der Waals surface area contributed by atoms with Crippen LogP contribution in [0, 0.1) is 6.92 Å². The van der Waals surface area contributed by atoms with Crippen molar-refractivity contribution < 1.29 is 13.2 Å². The van der Waals surface area contributed by atoms with Crippen LogP contribution in [-0.4, -0.2) is 23.4 Å². The Bertz CT molecular complexity index is 1060. The summed E-state index contributed by atoms with van der Waals surface area (Å²) < 4.78 is 33.5. The molecule has 3 aromatic rings. The number of nitrogens with zero attached hydrogens (tertiary/aromatic N) is 3. The first-order valence-corrected chi connectivity index (χ1v) is 9.93. The SMILES string of the molecule is Cc1c(Cl)cccc1S(=O)(=O)Nc1ncc(Cl)nc1OCc1cccnc1. The van der Waals surface area contributed by atoms with Crippen LogP contribution in [0.2, 0.25) is 10.2 Å². The maximum absolute atomic E-state index is 12.7. The molecule has 0 aliphatic rings. The van der Waals surface area contributed by atoms with Crippen LogP contribution in [0.4, 0.5) is 5.82 Å². The molecule has 0 bridgehead atoms. The van der Waals surface area contributed by atoms with Crippen molar-refractivity contribution >= 4 is 39.0 Å². The quantitative estimate of drug-likeness (QED) is 0.645. The van der Waals surface area contributed by atoms with Crippen LogP contribution in [0.1, 0.15) is 11.1 Å². The highest BCUT2D eigenvalue weighted by atomic mass is 35.5. The molecule has 27 heavy (non-hydrogen) atoms. The van der Waals surface area contributed by atoms with E-state index in [-0.39, 0.29) is 28.4 Å². The van der Waals surface area contributed by atoms with Gasteiger partial charge in [0.15, 0.2) is 5.15 Å². The van der Waals surface area contributed by atoms with Crippen molar-refractivity contribution in [1.29, 1.82) is 0 Å². The van der Waals surface area contributed by atoms with Crippen LogP contribution >= 0.6 is 23.2 Å². The normalized spacial score (nSPS) is 11.2. The molecule has 0 aliphatic carbocycles. The zero-order valence-electron chi connectivity index (χ0n) is 14.1. The van der Waals surface area contributed by atoms with E-state index in [2.05, 4.69) is 19.7 Å². The molecule has 0 fully saturated rings. The number of anilines is 1. The van der Waals surface area contributed by atoms with Crippen molar-refractivity contribution in [1.82, 2.24) is 15.0 Å². The Hall–Kier alpha value is -2.42. The molecule has 140 valence electrons. The molecule has 7 nitrogen and oxygen atoms in total. The van der Waals surface area contributed by atoms with Crippen LogP contribution in [0.5, 0.6) is 5.88 Å². The minimum atomic E-state index is -3.96. The van der Waals surface area contributed by atoms with E-state index in [9.17, 15) is 8.42 Å². The summed E-state index contributed by atoms with van der Waals surface area (Å²) in [6.45, 7) is 1.73. The van der Waals surface area contributed by atoms with Gasteiger partial charge in [-0.3, -0.25) is 9.71 Å². The molecular formula is C17H14Cl2N4O3S. The monoisotopic (exact) mass is 424 g/mol.